The SMILES string of the molecule is O=C(C[C@@H]1COCCN1C(=O)CCCn1cncn1)NC1CCOCC1. The quantitative estimate of drug-likeness (QED) is 0.729. The number of amides is 2. The second-order valence-corrected chi connectivity index (χ2v) is 6.74. The van der Waals surface area contributed by atoms with E-state index in [1.54, 1.807) is 15.9 Å². The van der Waals surface area contributed by atoms with Crippen LogP contribution in [0, 0.1) is 0 Å². The van der Waals surface area contributed by atoms with Gasteiger partial charge in [0.15, 0.2) is 0 Å². The summed E-state index contributed by atoms with van der Waals surface area (Å²) < 4.78 is 12.5. The Morgan fingerprint density at radius 2 is 2.04 bits per heavy atom. The summed E-state index contributed by atoms with van der Waals surface area (Å²) in [5.41, 5.74) is 0. The van der Waals surface area contributed by atoms with E-state index in [4.69, 9.17) is 9.47 Å². The standard InChI is InChI=1S/C17H27N5O4/c23-16(20-14-3-7-25-8-4-14)10-15-11-26-9-6-22(15)17(24)2-1-5-21-13-18-12-19-21/h12-15H,1-11H2,(H,20,23)/t15-/m1/s1. The van der Waals surface area contributed by atoms with Crippen molar-refractivity contribution in [2.24, 2.45) is 0 Å². The third-order valence-corrected chi connectivity index (χ3v) is 4.80. The van der Waals surface area contributed by atoms with Crippen molar-refractivity contribution in [2.75, 3.05) is 33.0 Å². The van der Waals surface area contributed by atoms with Gasteiger partial charge in [0, 0.05) is 45.2 Å². The smallest absolute Gasteiger partial charge is 0.223 e. The van der Waals surface area contributed by atoms with Crippen LogP contribution in [-0.4, -0.2) is 76.5 Å². The highest BCUT2D eigenvalue weighted by Gasteiger charge is 2.29. The molecule has 0 spiro atoms. The molecule has 0 unspecified atom stereocenters. The van der Waals surface area contributed by atoms with Gasteiger partial charge in [-0.1, -0.05) is 0 Å². The normalized spacial score (nSPS) is 21.5. The Labute approximate surface area is 153 Å². The molecular formula is C17H27N5O4. The minimum absolute atomic E-state index is 0.0205. The zero-order chi connectivity index (χ0) is 18.2. The highest BCUT2D eigenvalue weighted by atomic mass is 16.5. The molecule has 3 heterocycles. The van der Waals surface area contributed by atoms with Gasteiger partial charge in [-0.2, -0.15) is 5.10 Å². The average molecular weight is 365 g/mol. The molecule has 0 saturated carbocycles. The molecule has 0 bridgehead atoms. The minimum atomic E-state index is -0.192. The van der Waals surface area contributed by atoms with Gasteiger partial charge in [-0.25, -0.2) is 4.98 Å². The number of aryl methyl sites for hydroxylation is 1. The largest absolute Gasteiger partial charge is 0.381 e. The molecule has 9 heteroatoms. The zero-order valence-electron chi connectivity index (χ0n) is 15.0. The number of nitrogens with zero attached hydrogens (tertiary/aromatic N) is 4. The van der Waals surface area contributed by atoms with E-state index in [2.05, 4.69) is 15.4 Å². The monoisotopic (exact) mass is 365 g/mol. The maximum atomic E-state index is 12.6. The molecule has 2 saturated heterocycles. The fourth-order valence-electron chi connectivity index (χ4n) is 3.38. The first-order valence-electron chi connectivity index (χ1n) is 9.29. The van der Waals surface area contributed by atoms with Crippen molar-refractivity contribution in [3.05, 3.63) is 12.7 Å². The molecule has 0 aliphatic carbocycles. The second-order valence-electron chi connectivity index (χ2n) is 6.74. The van der Waals surface area contributed by atoms with Crippen LogP contribution < -0.4 is 5.32 Å². The summed E-state index contributed by atoms with van der Waals surface area (Å²) in [6, 6.07) is -0.0185. The van der Waals surface area contributed by atoms with E-state index in [0.29, 0.717) is 52.4 Å². The number of rotatable bonds is 7. The first-order valence-corrected chi connectivity index (χ1v) is 9.29. The van der Waals surface area contributed by atoms with Crippen LogP contribution in [-0.2, 0) is 25.6 Å². The lowest BCUT2D eigenvalue weighted by molar-refractivity contribution is -0.142. The average Bonchev–Trinajstić information content (AvgIpc) is 3.16. The van der Waals surface area contributed by atoms with Crippen LogP contribution in [0.2, 0.25) is 0 Å². The van der Waals surface area contributed by atoms with Gasteiger partial charge in [-0.3, -0.25) is 14.3 Å². The molecule has 2 aliphatic heterocycles. The van der Waals surface area contributed by atoms with Crippen LogP contribution in [0.4, 0.5) is 0 Å². The van der Waals surface area contributed by atoms with E-state index < -0.39 is 0 Å². The van der Waals surface area contributed by atoms with E-state index in [-0.39, 0.29) is 30.3 Å². The maximum Gasteiger partial charge on any atom is 0.223 e. The van der Waals surface area contributed by atoms with Crippen molar-refractivity contribution in [3.8, 4) is 0 Å². The predicted molar refractivity (Wildman–Crippen MR) is 92.2 cm³/mol. The van der Waals surface area contributed by atoms with E-state index in [9.17, 15) is 9.59 Å². The highest BCUT2D eigenvalue weighted by Crippen LogP contribution is 2.14. The highest BCUT2D eigenvalue weighted by molar-refractivity contribution is 5.80. The van der Waals surface area contributed by atoms with Gasteiger partial charge in [0.25, 0.3) is 0 Å². The summed E-state index contributed by atoms with van der Waals surface area (Å²) in [6.07, 6.45) is 6.22. The van der Waals surface area contributed by atoms with Gasteiger partial charge >= 0.3 is 0 Å². The predicted octanol–water partition coefficient (Wildman–Crippen LogP) is -0.0290. The van der Waals surface area contributed by atoms with Gasteiger partial charge in [0.1, 0.15) is 12.7 Å². The number of carbonyl (C=O) groups is 2. The topological polar surface area (TPSA) is 98.6 Å². The lowest BCUT2D eigenvalue weighted by atomic mass is 10.1. The fourth-order valence-corrected chi connectivity index (χ4v) is 3.38. The number of morpholine rings is 1. The molecule has 1 atom stereocenters. The van der Waals surface area contributed by atoms with Crippen LogP contribution >= 0.6 is 0 Å². The first-order chi connectivity index (χ1) is 12.7. The molecule has 144 valence electrons. The lowest BCUT2D eigenvalue weighted by Crippen LogP contribution is -2.51. The van der Waals surface area contributed by atoms with Crippen LogP contribution in [0.5, 0.6) is 0 Å². The second kappa shape index (κ2) is 9.63. The molecule has 3 rings (SSSR count). The Bertz CT molecular complexity index is 574. The molecule has 2 amide bonds. The summed E-state index contributed by atoms with van der Waals surface area (Å²) in [7, 11) is 0. The Morgan fingerprint density at radius 1 is 1.19 bits per heavy atom. The molecular weight excluding hydrogens is 338 g/mol. The van der Waals surface area contributed by atoms with Gasteiger partial charge in [0.05, 0.1) is 19.3 Å². The maximum absolute atomic E-state index is 12.6. The molecule has 0 aromatic carbocycles. The van der Waals surface area contributed by atoms with Crippen molar-refractivity contribution < 1.29 is 19.1 Å². The third-order valence-electron chi connectivity index (χ3n) is 4.80. The van der Waals surface area contributed by atoms with Crippen molar-refractivity contribution >= 4 is 11.8 Å². The van der Waals surface area contributed by atoms with Crippen molar-refractivity contribution in [3.63, 3.8) is 0 Å². The summed E-state index contributed by atoms with van der Waals surface area (Å²) in [5.74, 6) is 0.0464. The molecule has 2 aliphatic rings. The number of ether oxygens (including phenoxy) is 2. The lowest BCUT2D eigenvalue weighted by Gasteiger charge is -2.36. The zero-order valence-corrected chi connectivity index (χ0v) is 15.0. The van der Waals surface area contributed by atoms with Crippen molar-refractivity contribution in [1.82, 2.24) is 25.0 Å². The van der Waals surface area contributed by atoms with E-state index in [1.165, 1.54) is 6.33 Å². The Balaban J connectivity index is 1.45. The third kappa shape index (κ3) is 5.50. The van der Waals surface area contributed by atoms with Gasteiger partial charge < -0.3 is 19.7 Å². The fraction of sp³-hybridized carbons (Fsp3) is 0.765. The number of nitrogens with one attached hydrogen (secondary N) is 1. The summed E-state index contributed by atoms with van der Waals surface area (Å²) >= 11 is 0. The molecule has 26 heavy (non-hydrogen) atoms. The summed E-state index contributed by atoms with van der Waals surface area (Å²) in [4.78, 5) is 30.6. The molecule has 0 radical (unpaired) electrons. The van der Waals surface area contributed by atoms with E-state index in [0.717, 1.165) is 12.8 Å². The number of hydrogen-bond acceptors (Lipinski definition) is 6. The van der Waals surface area contributed by atoms with Crippen molar-refractivity contribution in [1.29, 1.82) is 0 Å². The molecule has 1 aromatic heterocycles. The Kier molecular flexibility index (Phi) is 6.96. The Hall–Kier alpha value is -2.00. The molecule has 2 fully saturated rings. The van der Waals surface area contributed by atoms with Gasteiger partial charge in [-0.05, 0) is 19.3 Å². The molecule has 9 nitrogen and oxygen atoms in total. The van der Waals surface area contributed by atoms with Crippen LogP contribution in [0.25, 0.3) is 0 Å². The van der Waals surface area contributed by atoms with Gasteiger partial charge in [-0.15, -0.1) is 0 Å². The molecule has 1 aromatic rings. The van der Waals surface area contributed by atoms with Crippen LogP contribution in [0.15, 0.2) is 12.7 Å². The Morgan fingerprint density at radius 3 is 2.81 bits per heavy atom. The van der Waals surface area contributed by atoms with Gasteiger partial charge in [0.2, 0.25) is 11.8 Å². The van der Waals surface area contributed by atoms with Crippen LogP contribution in [0.3, 0.4) is 0 Å². The minimum Gasteiger partial charge on any atom is -0.381 e. The van der Waals surface area contributed by atoms with E-state index >= 15 is 0 Å². The summed E-state index contributed by atoms with van der Waals surface area (Å²) in [6.45, 7) is 3.51. The summed E-state index contributed by atoms with van der Waals surface area (Å²) in [5, 5.41) is 7.09. The number of hydrogen-bond donors (Lipinski definition) is 1. The van der Waals surface area contributed by atoms with E-state index in [1.807, 2.05) is 0 Å². The molecule has 1 N–H and O–H groups in total. The van der Waals surface area contributed by atoms with Crippen LogP contribution in [0.1, 0.15) is 32.1 Å². The van der Waals surface area contributed by atoms with Crippen molar-refractivity contribution in [2.45, 2.75) is 50.7 Å². The number of carbonyl (C=O) groups excluding carboxylic acids is 2. The first kappa shape index (κ1) is 18.8. The number of aromatic nitrogens is 3.